The van der Waals surface area contributed by atoms with E-state index in [1.807, 2.05) is 71.1 Å². The zero-order valence-electron chi connectivity index (χ0n) is 17.1. The molecule has 2 aromatic rings. The standard InChI is InChI=1S/C23H31NO2S/c1-22(2,3)26-21(25)23(4,18-27-17-20-14-10-7-11-15-20)24(5)16-19-12-8-6-9-13-19/h6-15H,16-18H2,1-5H3/t23-/m0/s1. The van der Waals surface area contributed by atoms with Crippen LogP contribution in [0, 0.1) is 0 Å². The molecule has 0 aliphatic rings. The monoisotopic (exact) mass is 385 g/mol. The van der Waals surface area contributed by atoms with Gasteiger partial charge in [-0.25, -0.2) is 4.79 Å². The number of thioether (sulfide) groups is 1. The maximum absolute atomic E-state index is 13.1. The summed E-state index contributed by atoms with van der Waals surface area (Å²) in [6.07, 6.45) is 0. The van der Waals surface area contributed by atoms with Crippen LogP contribution >= 0.6 is 11.8 Å². The summed E-state index contributed by atoms with van der Waals surface area (Å²) in [4.78, 5) is 15.2. The van der Waals surface area contributed by atoms with E-state index in [1.54, 1.807) is 11.8 Å². The molecule has 0 heterocycles. The highest BCUT2D eigenvalue weighted by Gasteiger charge is 2.40. The summed E-state index contributed by atoms with van der Waals surface area (Å²) < 4.78 is 5.77. The van der Waals surface area contributed by atoms with E-state index in [-0.39, 0.29) is 5.97 Å². The highest BCUT2D eigenvalue weighted by molar-refractivity contribution is 7.98. The zero-order chi connectivity index (χ0) is 19.9. The number of rotatable bonds is 8. The van der Waals surface area contributed by atoms with E-state index >= 15 is 0 Å². The Labute approximate surface area is 168 Å². The first-order chi connectivity index (χ1) is 12.7. The van der Waals surface area contributed by atoms with E-state index in [0.29, 0.717) is 12.3 Å². The number of likely N-dealkylation sites (N-methyl/N-ethyl adjacent to an activating group) is 1. The molecule has 0 saturated heterocycles. The molecule has 0 fully saturated rings. The fourth-order valence-corrected chi connectivity index (χ4v) is 3.95. The Morgan fingerprint density at radius 2 is 1.44 bits per heavy atom. The summed E-state index contributed by atoms with van der Waals surface area (Å²) >= 11 is 1.76. The van der Waals surface area contributed by atoms with Gasteiger partial charge in [-0.05, 0) is 45.9 Å². The third-order valence-corrected chi connectivity index (χ3v) is 5.74. The van der Waals surface area contributed by atoms with Gasteiger partial charge >= 0.3 is 5.97 Å². The lowest BCUT2D eigenvalue weighted by atomic mass is 10.0. The van der Waals surface area contributed by atoms with Crippen LogP contribution in [-0.4, -0.2) is 34.8 Å². The second kappa shape index (κ2) is 9.43. The molecule has 0 bridgehead atoms. The Hall–Kier alpha value is -1.78. The largest absolute Gasteiger partial charge is 0.459 e. The molecule has 4 heteroatoms. The molecule has 1 atom stereocenters. The van der Waals surface area contributed by atoms with E-state index in [2.05, 4.69) is 29.2 Å². The highest BCUT2D eigenvalue weighted by atomic mass is 32.2. The predicted molar refractivity (Wildman–Crippen MR) is 115 cm³/mol. The molecule has 3 nitrogen and oxygen atoms in total. The van der Waals surface area contributed by atoms with E-state index in [0.717, 1.165) is 5.75 Å². The van der Waals surface area contributed by atoms with E-state index < -0.39 is 11.1 Å². The molecule has 2 rings (SSSR count). The predicted octanol–water partition coefficient (Wildman–Crippen LogP) is 5.15. The van der Waals surface area contributed by atoms with Crippen LogP contribution in [0.25, 0.3) is 0 Å². The Bertz CT molecular complexity index is 712. The van der Waals surface area contributed by atoms with Crippen LogP contribution in [0.2, 0.25) is 0 Å². The normalized spacial score (nSPS) is 14.0. The number of benzene rings is 2. The molecular weight excluding hydrogens is 354 g/mol. The minimum Gasteiger partial charge on any atom is -0.459 e. The SMILES string of the molecule is CN(Cc1ccccc1)[C@@](C)(CSCc1ccccc1)C(=O)OC(C)(C)C. The molecule has 0 aliphatic heterocycles. The molecule has 2 aromatic carbocycles. The Balaban J connectivity index is 2.12. The van der Waals surface area contributed by atoms with Gasteiger partial charge in [-0.1, -0.05) is 60.7 Å². The summed E-state index contributed by atoms with van der Waals surface area (Å²) in [5.41, 5.74) is 1.24. The molecule has 27 heavy (non-hydrogen) atoms. The van der Waals surface area contributed by atoms with Gasteiger partial charge in [0.15, 0.2) is 0 Å². The first-order valence-electron chi connectivity index (χ1n) is 9.31. The molecule has 0 unspecified atom stereocenters. The van der Waals surface area contributed by atoms with Crippen molar-refractivity contribution in [3.63, 3.8) is 0 Å². The molecular formula is C23H31NO2S. The average molecular weight is 386 g/mol. The van der Waals surface area contributed by atoms with Gasteiger partial charge in [0.1, 0.15) is 11.1 Å². The van der Waals surface area contributed by atoms with Gasteiger partial charge in [0.25, 0.3) is 0 Å². The molecule has 0 saturated carbocycles. The Kier molecular flexibility index (Phi) is 7.51. The molecule has 146 valence electrons. The van der Waals surface area contributed by atoms with Crippen LogP contribution in [0.5, 0.6) is 0 Å². The van der Waals surface area contributed by atoms with Crippen molar-refractivity contribution in [1.82, 2.24) is 4.90 Å². The van der Waals surface area contributed by atoms with Gasteiger partial charge in [0, 0.05) is 18.1 Å². The maximum Gasteiger partial charge on any atom is 0.327 e. The Morgan fingerprint density at radius 3 is 1.96 bits per heavy atom. The van der Waals surface area contributed by atoms with E-state index in [4.69, 9.17) is 4.74 Å². The summed E-state index contributed by atoms with van der Waals surface area (Å²) in [5, 5.41) is 0. The molecule has 0 N–H and O–H groups in total. The smallest absolute Gasteiger partial charge is 0.327 e. The van der Waals surface area contributed by atoms with Gasteiger partial charge in [-0.2, -0.15) is 11.8 Å². The average Bonchev–Trinajstić information content (AvgIpc) is 2.61. The molecule has 0 radical (unpaired) electrons. The fraction of sp³-hybridized carbons (Fsp3) is 0.435. The minimum absolute atomic E-state index is 0.172. The van der Waals surface area contributed by atoms with Crippen molar-refractivity contribution < 1.29 is 9.53 Å². The second-order valence-corrected chi connectivity index (χ2v) is 9.08. The number of hydrogen-bond acceptors (Lipinski definition) is 4. The number of esters is 1. The number of ether oxygens (including phenoxy) is 1. The zero-order valence-corrected chi connectivity index (χ0v) is 17.9. The highest BCUT2D eigenvalue weighted by Crippen LogP contribution is 2.27. The lowest BCUT2D eigenvalue weighted by molar-refractivity contribution is -0.167. The second-order valence-electron chi connectivity index (χ2n) is 8.10. The first-order valence-corrected chi connectivity index (χ1v) is 10.5. The Morgan fingerprint density at radius 1 is 0.926 bits per heavy atom. The summed E-state index contributed by atoms with van der Waals surface area (Å²) in [5.74, 6) is 1.37. The summed E-state index contributed by atoms with van der Waals surface area (Å²) in [7, 11) is 2.00. The van der Waals surface area contributed by atoms with Crippen molar-refractivity contribution >= 4 is 17.7 Å². The third kappa shape index (κ3) is 6.71. The van der Waals surface area contributed by atoms with Crippen molar-refractivity contribution in [1.29, 1.82) is 0 Å². The van der Waals surface area contributed by atoms with Gasteiger partial charge in [0.2, 0.25) is 0 Å². The van der Waals surface area contributed by atoms with Crippen molar-refractivity contribution in [2.24, 2.45) is 0 Å². The molecule has 0 spiro atoms. The molecule has 0 aliphatic carbocycles. The lowest BCUT2D eigenvalue weighted by Crippen LogP contribution is -2.54. The lowest BCUT2D eigenvalue weighted by Gasteiger charge is -2.38. The van der Waals surface area contributed by atoms with Gasteiger partial charge in [0.05, 0.1) is 0 Å². The van der Waals surface area contributed by atoms with Crippen molar-refractivity contribution in [3.8, 4) is 0 Å². The van der Waals surface area contributed by atoms with Crippen LogP contribution in [-0.2, 0) is 21.8 Å². The van der Waals surface area contributed by atoms with E-state index in [1.165, 1.54) is 11.1 Å². The van der Waals surface area contributed by atoms with Crippen molar-refractivity contribution in [2.45, 2.75) is 51.1 Å². The minimum atomic E-state index is -0.706. The number of carbonyl (C=O) groups excluding carboxylic acids is 1. The summed E-state index contributed by atoms with van der Waals surface area (Å²) in [6, 6.07) is 20.6. The van der Waals surface area contributed by atoms with Crippen LogP contribution < -0.4 is 0 Å². The third-order valence-electron chi connectivity index (χ3n) is 4.44. The van der Waals surface area contributed by atoms with Crippen LogP contribution in [0.1, 0.15) is 38.8 Å². The quantitative estimate of drug-likeness (QED) is 0.588. The topological polar surface area (TPSA) is 29.5 Å². The number of nitrogens with zero attached hydrogens (tertiary/aromatic N) is 1. The van der Waals surface area contributed by atoms with Crippen molar-refractivity contribution in [2.75, 3.05) is 12.8 Å². The number of hydrogen-bond donors (Lipinski definition) is 0. The maximum atomic E-state index is 13.1. The first kappa shape index (κ1) is 21.5. The molecule has 0 amide bonds. The molecule has 0 aromatic heterocycles. The van der Waals surface area contributed by atoms with Crippen LogP contribution in [0.15, 0.2) is 60.7 Å². The van der Waals surface area contributed by atoms with E-state index in [9.17, 15) is 4.79 Å². The van der Waals surface area contributed by atoms with Crippen molar-refractivity contribution in [3.05, 3.63) is 71.8 Å². The fourth-order valence-electron chi connectivity index (χ4n) is 2.69. The van der Waals surface area contributed by atoms with Gasteiger partial charge in [-0.15, -0.1) is 0 Å². The number of carbonyl (C=O) groups is 1. The van der Waals surface area contributed by atoms with Crippen LogP contribution in [0.3, 0.4) is 0 Å². The van der Waals surface area contributed by atoms with Gasteiger partial charge in [-0.3, -0.25) is 4.90 Å². The van der Waals surface area contributed by atoms with Crippen LogP contribution in [0.4, 0.5) is 0 Å². The summed E-state index contributed by atoms with van der Waals surface area (Å²) in [6.45, 7) is 8.43. The van der Waals surface area contributed by atoms with Gasteiger partial charge < -0.3 is 4.74 Å².